The largest absolute Gasteiger partial charge is 0.495 e. The molecule has 0 fully saturated rings. The Balaban J connectivity index is 1.53. The van der Waals surface area contributed by atoms with Crippen LogP contribution < -0.4 is 14.4 Å². The summed E-state index contributed by atoms with van der Waals surface area (Å²) in [7, 11) is -2.63. The zero-order valence-electron chi connectivity index (χ0n) is 19.9. The molecule has 1 N–H and O–H groups in total. The number of aryl methyl sites for hydroxylation is 1. The molecule has 0 atom stereocenters. The molecule has 1 aromatic heterocycles. The van der Waals surface area contributed by atoms with E-state index in [2.05, 4.69) is 15.5 Å². The lowest BCUT2D eigenvalue weighted by molar-refractivity contribution is -0.114. The highest BCUT2D eigenvalue weighted by atomic mass is 35.5. The van der Waals surface area contributed by atoms with E-state index < -0.39 is 22.5 Å². The van der Waals surface area contributed by atoms with Gasteiger partial charge in [-0.2, -0.15) is 0 Å². The summed E-state index contributed by atoms with van der Waals surface area (Å²) in [6.45, 7) is 1.37. The lowest BCUT2D eigenvalue weighted by atomic mass is 10.2. The highest BCUT2D eigenvalue weighted by Crippen LogP contribution is 2.32. The lowest BCUT2D eigenvalue weighted by Crippen LogP contribution is -2.38. The molecule has 37 heavy (non-hydrogen) atoms. The maximum absolute atomic E-state index is 13.6. The Kier molecular flexibility index (Phi) is 8.70. The quantitative estimate of drug-likeness (QED) is 0.193. The Morgan fingerprint density at radius 2 is 1.81 bits per heavy atom. The predicted molar refractivity (Wildman–Crippen MR) is 148 cm³/mol. The number of thioether (sulfide) groups is 1. The Morgan fingerprint density at radius 1 is 1.08 bits per heavy atom. The van der Waals surface area contributed by atoms with Crippen molar-refractivity contribution in [2.45, 2.75) is 21.9 Å². The van der Waals surface area contributed by atoms with Crippen LogP contribution in [0.25, 0.3) is 0 Å². The van der Waals surface area contributed by atoms with Gasteiger partial charge in [0.05, 0.1) is 22.7 Å². The van der Waals surface area contributed by atoms with Crippen molar-refractivity contribution in [3.8, 4) is 5.75 Å². The van der Waals surface area contributed by atoms with Crippen molar-refractivity contribution in [3.05, 3.63) is 88.9 Å². The van der Waals surface area contributed by atoms with Gasteiger partial charge in [-0.15, -0.1) is 10.2 Å². The summed E-state index contributed by atoms with van der Waals surface area (Å²) in [6, 6.07) is 20.9. The zero-order chi connectivity index (χ0) is 26.4. The van der Waals surface area contributed by atoms with Gasteiger partial charge in [-0.25, -0.2) is 8.42 Å². The number of benzene rings is 3. The summed E-state index contributed by atoms with van der Waals surface area (Å²) in [6.07, 6.45) is 0. The fourth-order valence-corrected chi connectivity index (χ4v) is 6.68. The normalized spacial score (nSPS) is 11.2. The van der Waals surface area contributed by atoms with E-state index in [1.165, 1.54) is 54.5 Å². The molecule has 0 radical (unpaired) electrons. The minimum Gasteiger partial charge on any atom is -0.495 e. The number of aromatic nitrogens is 2. The molecule has 4 aromatic rings. The van der Waals surface area contributed by atoms with E-state index in [1.807, 2.05) is 37.3 Å². The van der Waals surface area contributed by atoms with Crippen molar-refractivity contribution in [1.29, 1.82) is 0 Å². The number of hydrogen-bond donors (Lipinski definition) is 1. The Bertz CT molecular complexity index is 1480. The summed E-state index contributed by atoms with van der Waals surface area (Å²) < 4.78 is 34.0. The van der Waals surface area contributed by atoms with Crippen LogP contribution in [-0.4, -0.2) is 38.2 Å². The van der Waals surface area contributed by atoms with E-state index in [1.54, 1.807) is 18.2 Å². The molecular weight excluding hydrogens is 552 g/mol. The molecular formula is C25H23ClN4O4S3. The molecule has 12 heteroatoms. The van der Waals surface area contributed by atoms with Crippen molar-refractivity contribution >= 4 is 61.4 Å². The topological polar surface area (TPSA) is 101 Å². The Morgan fingerprint density at radius 3 is 2.49 bits per heavy atom. The number of methoxy groups -OCH3 is 1. The maximum Gasteiger partial charge on any atom is 0.264 e. The Hall–Kier alpha value is -3.12. The number of sulfonamides is 1. The van der Waals surface area contributed by atoms with Gasteiger partial charge in [0.1, 0.15) is 12.3 Å². The molecule has 8 nitrogen and oxygen atoms in total. The molecule has 192 valence electrons. The lowest BCUT2D eigenvalue weighted by Gasteiger charge is -2.24. The first-order chi connectivity index (χ1) is 17.8. The number of halogens is 1. The smallest absolute Gasteiger partial charge is 0.264 e. The molecule has 0 saturated heterocycles. The number of carbonyl (C=O) groups is 1. The fourth-order valence-electron chi connectivity index (χ4n) is 3.29. The number of nitrogens with zero attached hydrogens (tertiary/aromatic N) is 3. The first kappa shape index (κ1) is 26.9. The number of hydrogen-bond acceptors (Lipinski definition) is 8. The Labute approximate surface area is 228 Å². The average Bonchev–Trinajstić information content (AvgIpc) is 3.34. The second-order valence-electron chi connectivity index (χ2n) is 7.84. The van der Waals surface area contributed by atoms with E-state index in [0.717, 1.165) is 15.4 Å². The molecule has 4 rings (SSSR count). The van der Waals surface area contributed by atoms with Crippen LogP contribution in [-0.2, 0) is 20.6 Å². The highest BCUT2D eigenvalue weighted by Gasteiger charge is 2.28. The third kappa shape index (κ3) is 6.80. The van der Waals surface area contributed by atoms with Gasteiger partial charge < -0.3 is 4.74 Å². The second-order valence-corrected chi connectivity index (χ2v) is 12.3. The molecule has 1 amide bonds. The third-order valence-electron chi connectivity index (χ3n) is 5.18. The molecule has 3 aromatic carbocycles. The minimum absolute atomic E-state index is 0.0494. The fraction of sp³-hybridized carbons (Fsp3) is 0.160. The monoisotopic (exact) mass is 574 g/mol. The number of nitrogens with one attached hydrogen (secondary N) is 1. The van der Waals surface area contributed by atoms with Crippen LogP contribution >= 0.6 is 34.7 Å². The van der Waals surface area contributed by atoms with Crippen LogP contribution in [0.15, 0.2) is 82.0 Å². The molecule has 0 unspecified atom stereocenters. The molecule has 0 spiro atoms. The predicted octanol–water partition coefficient (Wildman–Crippen LogP) is 5.63. The first-order valence-corrected chi connectivity index (χ1v) is 14.6. The minimum atomic E-state index is -4.09. The van der Waals surface area contributed by atoms with E-state index >= 15 is 0 Å². The van der Waals surface area contributed by atoms with Gasteiger partial charge in [0.2, 0.25) is 11.0 Å². The molecule has 0 aliphatic carbocycles. The van der Waals surface area contributed by atoms with Crippen LogP contribution in [0.4, 0.5) is 10.8 Å². The van der Waals surface area contributed by atoms with E-state index in [9.17, 15) is 13.2 Å². The first-order valence-electron chi connectivity index (χ1n) is 11.0. The van der Waals surface area contributed by atoms with Crippen LogP contribution in [0.5, 0.6) is 5.75 Å². The molecule has 0 bridgehead atoms. The summed E-state index contributed by atoms with van der Waals surface area (Å²) in [4.78, 5) is 13.0. The van der Waals surface area contributed by atoms with Crippen LogP contribution in [0, 0.1) is 6.92 Å². The molecule has 0 saturated carbocycles. The highest BCUT2D eigenvalue weighted by molar-refractivity contribution is 8.00. The van der Waals surface area contributed by atoms with Crippen LogP contribution in [0.2, 0.25) is 5.02 Å². The van der Waals surface area contributed by atoms with Crippen molar-refractivity contribution in [2.75, 3.05) is 23.3 Å². The van der Waals surface area contributed by atoms with Gasteiger partial charge in [-0.1, -0.05) is 82.7 Å². The van der Waals surface area contributed by atoms with Gasteiger partial charge >= 0.3 is 0 Å². The third-order valence-corrected chi connectivity index (χ3v) is 9.30. The molecule has 0 aliphatic heterocycles. The van der Waals surface area contributed by atoms with Gasteiger partial charge in [0.25, 0.3) is 10.0 Å². The number of rotatable bonds is 10. The van der Waals surface area contributed by atoms with Crippen LogP contribution in [0.1, 0.15) is 11.1 Å². The summed E-state index contributed by atoms with van der Waals surface area (Å²) in [5.41, 5.74) is 2.27. The second kappa shape index (κ2) is 12.0. The van der Waals surface area contributed by atoms with Gasteiger partial charge in [-0.3, -0.25) is 14.4 Å². The van der Waals surface area contributed by atoms with Gasteiger partial charge in [-0.05, 0) is 42.8 Å². The van der Waals surface area contributed by atoms with Gasteiger partial charge in [0.15, 0.2) is 4.34 Å². The molecule has 0 aliphatic rings. The SMILES string of the molecule is COc1ccc(N(CC(=O)Nc2nnc(SCc3ccccc3)s2)S(=O)(=O)c2ccc(C)cc2)cc1Cl. The van der Waals surface area contributed by atoms with Crippen LogP contribution in [0.3, 0.4) is 0 Å². The maximum atomic E-state index is 13.6. The number of anilines is 2. The number of carbonyl (C=O) groups excluding carboxylic acids is 1. The van der Waals surface area contributed by atoms with E-state index in [-0.39, 0.29) is 20.7 Å². The standard InChI is InChI=1S/C25H23ClN4O4S3/c1-17-8-11-20(12-9-17)37(32,33)30(19-10-13-22(34-2)21(26)14-19)15-23(31)27-24-28-29-25(36-24)35-16-18-6-4-3-5-7-18/h3-14H,15-16H2,1-2H3,(H,27,28,31). The van der Waals surface area contributed by atoms with E-state index in [4.69, 9.17) is 16.3 Å². The van der Waals surface area contributed by atoms with Crippen molar-refractivity contribution in [3.63, 3.8) is 0 Å². The zero-order valence-corrected chi connectivity index (χ0v) is 23.1. The number of ether oxygens (including phenoxy) is 1. The van der Waals surface area contributed by atoms with Crippen molar-refractivity contribution in [2.24, 2.45) is 0 Å². The molecule has 1 heterocycles. The summed E-state index contributed by atoms with van der Waals surface area (Å²) in [5.74, 6) is 0.528. The van der Waals surface area contributed by atoms with E-state index in [0.29, 0.717) is 15.8 Å². The van der Waals surface area contributed by atoms with Crippen molar-refractivity contribution < 1.29 is 17.9 Å². The summed E-state index contributed by atoms with van der Waals surface area (Å²) >= 11 is 8.99. The van der Waals surface area contributed by atoms with Gasteiger partial charge in [0, 0.05) is 5.75 Å². The number of amides is 1. The summed E-state index contributed by atoms with van der Waals surface area (Å²) in [5, 5.41) is 11.3. The average molecular weight is 575 g/mol. The van der Waals surface area contributed by atoms with Crippen molar-refractivity contribution in [1.82, 2.24) is 10.2 Å².